The monoisotopic (exact) mass is 309 g/mol. The van der Waals surface area contributed by atoms with Gasteiger partial charge in [-0.05, 0) is 37.6 Å². The molecule has 0 unspecified atom stereocenters. The fourth-order valence-electron chi connectivity index (χ4n) is 3.34. The first-order chi connectivity index (χ1) is 11.3. The zero-order chi connectivity index (χ0) is 15.6. The highest BCUT2D eigenvalue weighted by Crippen LogP contribution is 2.20. The second-order valence-electron chi connectivity index (χ2n) is 6.02. The highest BCUT2D eigenvalue weighted by molar-refractivity contribution is 5.77. The van der Waals surface area contributed by atoms with E-state index in [4.69, 9.17) is 0 Å². The number of hydrogen-bond donors (Lipinski definition) is 1. The van der Waals surface area contributed by atoms with Gasteiger partial charge in [0.1, 0.15) is 5.82 Å². The van der Waals surface area contributed by atoms with Crippen LogP contribution in [0.4, 0.5) is 0 Å². The van der Waals surface area contributed by atoms with Crippen molar-refractivity contribution < 1.29 is 0 Å². The zero-order valence-electron chi connectivity index (χ0n) is 12.9. The number of rotatable bonds is 4. The average Bonchev–Trinajstić information content (AvgIpc) is 3.21. The Bertz CT molecular complexity index is 855. The maximum absolute atomic E-state index is 12.2. The van der Waals surface area contributed by atoms with Crippen molar-refractivity contribution in [3.05, 3.63) is 58.9 Å². The van der Waals surface area contributed by atoms with Gasteiger partial charge in [-0.1, -0.05) is 12.1 Å². The molecule has 3 aromatic rings. The van der Waals surface area contributed by atoms with Crippen LogP contribution in [0.3, 0.4) is 0 Å². The van der Waals surface area contributed by atoms with Gasteiger partial charge >= 0.3 is 0 Å². The van der Waals surface area contributed by atoms with Gasteiger partial charge in [0.2, 0.25) is 0 Å². The van der Waals surface area contributed by atoms with E-state index in [0.29, 0.717) is 18.0 Å². The van der Waals surface area contributed by atoms with E-state index in [9.17, 15) is 4.79 Å². The third kappa shape index (κ3) is 2.90. The minimum atomic E-state index is -0.0616. The molecular weight excluding hydrogens is 290 g/mol. The number of para-hydroxylation sites is 1. The topological polar surface area (TPSA) is 66.8 Å². The van der Waals surface area contributed by atoms with E-state index >= 15 is 0 Å². The molecule has 118 valence electrons. The summed E-state index contributed by atoms with van der Waals surface area (Å²) >= 11 is 0. The Morgan fingerprint density at radius 1 is 1.26 bits per heavy atom. The molecule has 6 nitrogen and oxygen atoms in total. The number of nitrogens with one attached hydrogen (secondary N) is 1. The van der Waals surface area contributed by atoms with Crippen molar-refractivity contribution in [1.29, 1.82) is 0 Å². The number of likely N-dealkylation sites (tertiary alicyclic amines) is 1. The van der Waals surface area contributed by atoms with Crippen molar-refractivity contribution >= 4 is 10.9 Å². The molecule has 1 aliphatic heterocycles. The molecule has 23 heavy (non-hydrogen) atoms. The molecule has 0 saturated carbocycles. The molecular formula is C17H19N5O. The first-order valence-corrected chi connectivity index (χ1v) is 7.99. The lowest BCUT2D eigenvalue weighted by Crippen LogP contribution is -2.33. The maximum Gasteiger partial charge on any atom is 0.258 e. The number of nitrogens with zero attached hydrogens (tertiary/aromatic N) is 4. The predicted octanol–water partition coefficient (Wildman–Crippen LogP) is 1.78. The lowest BCUT2D eigenvalue weighted by Gasteiger charge is -2.23. The van der Waals surface area contributed by atoms with Crippen LogP contribution < -0.4 is 5.56 Å². The van der Waals surface area contributed by atoms with E-state index in [1.807, 2.05) is 41.3 Å². The molecule has 0 bridgehead atoms. The normalized spacial score (nSPS) is 18.7. The van der Waals surface area contributed by atoms with E-state index in [1.54, 1.807) is 6.07 Å². The molecule has 0 amide bonds. The lowest BCUT2D eigenvalue weighted by atomic mass is 10.2. The van der Waals surface area contributed by atoms with E-state index in [1.165, 1.54) is 6.42 Å². The molecule has 1 atom stereocenters. The first-order valence-electron chi connectivity index (χ1n) is 7.99. The van der Waals surface area contributed by atoms with Crippen LogP contribution in [0.2, 0.25) is 0 Å². The molecule has 0 aliphatic carbocycles. The summed E-state index contributed by atoms with van der Waals surface area (Å²) in [5.41, 5.74) is 0.697. The summed E-state index contributed by atoms with van der Waals surface area (Å²) in [6.07, 6.45) is 6.12. The van der Waals surface area contributed by atoms with Crippen LogP contribution in [0.25, 0.3) is 10.9 Å². The molecule has 3 heterocycles. The Morgan fingerprint density at radius 3 is 3.04 bits per heavy atom. The molecule has 6 heteroatoms. The molecule has 1 N–H and O–H groups in total. The summed E-state index contributed by atoms with van der Waals surface area (Å²) in [6.45, 7) is 2.58. The molecule has 0 spiro atoms. The molecule has 2 aromatic heterocycles. The van der Waals surface area contributed by atoms with Gasteiger partial charge in [0.15, 0.2) is 0 Å². The quantitative estimate of drug-likeness (QED) is 0.798. The van der Waals surface area contributed by atoms with Gasteiger partial charge in [-0.2, -0.15) is 5.10 Å². The minimum Gasteiger partial charge on any atom is -0.309 e. The van der Waals surface area contributed by atoms with Crippen LogP contribution in [-0.4, -0.2) is 37.2 Å². The lowest BCUT2D eigenvalue weighted by molar-refractivity contribution is 0.214. The van der Waals surface area contributed by atoms with Crippen molar-refractivity contribution in [1.82, 2.24) is 24.6 Å². The van der Waals surface area contributed by atoms with Crippen LogP contribution in [0.1, 0.15) is 18.7 Å². The maximum atomic E-state index is 12.2. The molecule has 1 saturated heterocycles. The van der Waals surface area contributed by atoms with E-state index in [-0.39, 0.29) is 5.56 Å². The second kappa shape index (κ2) is 5.96. The number of hydrogen-bond acceptors (Lipinski definition) is 4. The van der Waals surface area contributed by atoms with Crippen LogP contribution in [0.5, 0.6) is 0 Å². The van der Waals surface area contributed by atoms with Crippen LogP contribution in [0, 0.1) is 0 Å². The summed E-state index contributed by atoms with van der Waals surface area (Å²) in [5.74, 6) is 0.737. The van der Waals surface area contributed by atoms with Gasteiger partial charge in [0.25, 0.3) is 5.56 Å². The Labute approximate surface area is 133 Å². The Morgan fingerprint density at radius 2 is 2.17 bits per heavy atom. The standard InChI is InChI=1S/C17H19N5O/c23-17-14-6-1-2-7-15(14)19-16(20-17)12-21-9-3-5-13(21)11-22-10-4-8-18-22/h1-2,4,6-8,10,13H,3,5,9,11-12H2,(H,19,20,23)/t13-/m1/s1. The van der Waals surface area contributed by atoms with Gasteiger partial charge in [-0.3, -0.25) is 14.4 Å². The molecule has 1 aliphatic rings. The van der Waals surface area contributed by atoms with Gasteiger partial charge in [-0.15, -0.1) is 0 Å². The fraction of sp³-hybridized carbons (Fsp3) is 0.353. The largest absolute Gasteiger partial charge is 0.309 e. The predicted molar refractivity (Wildman–Crippen MR) is 88.0 cm³/mol. The van der Waals surface area contributed by atoms with Crippen molar-refractivity contribution in [2.75, 3.05) is 6.54 Å². The van der Waals surface area contributed by atoms with Gasteiger partial charge in [0, 0.05) is 18.4 Å². The number of aromatic amines is 1. The van der Waals surface area contributed by atoms with Crippen molar-refractivity contribution in [3.63, 3.8) is 0 Å². The highest BCUT2D eigenvalue weighted by Gasteiger charge is 2.25. The summed E-state index contributed by atoms with van der Waals surface area (Å²) in [7, 11) is 0. The summed E-state index contributed by atoms with van der Waals surface area (Å²) < 4.78 is 1.97. The number of aromatic nitrogens is 4. The average molecular weight is 309 g/mol. The SMILES string of the molecule is O=c1[nH]c(CN2CCC[C@@H]2Cn2cccn2)nc2ccccc12. The number of fused-ring (bicyclic) bond motifs is 1. The van der Waals surface area contributed by atoms with Crippen molar-refractivity contribution in [3.8, 4) is 0 Å². The van der Waals surface area contributed by atoms with Crippen LogP contribution in [-0.2, 0) is 13.1 Å². The second-order valence-corrected chi connectivity index (χ2v) is 6.02. The van der Waals surface area contributed by atoms with Crippen LogP contribution >= 0.6 is 0 Å². The van der Waals surface area contributed by atoms with E-state index in [2.05, 4.69) is 20.0 Å². The van der Waals surface area contributed by atoms with Crippen molar-refractivity contribution in [2.24, 2.45) is 0 Å². The fourth-order valence-corrected chi connectivity index (χ4v) is 3.34. The Kier molecular flexibility index (Phi) is 3.67. The van der Waals surface area contributed by atoms with Crippen molar-refractivity contribution in [2.45, 2.75) is 32.0 Å². The smallest absolute Gasteiger partial charge is 0.258 e. The summed E-state index contributed by atoms with van der Waals surface area (Å²) in [5, 5.41) is 4.94. The number of benzene rings is 1. The summed E-state index contributed by atoms with van der Waals surface area (Å²) in [6, 6.07) is 9.85. The molecule has 1 aromatic carbocycles. The third-order valence-corrected chi connectivity index (χ3v) is 4.47. The Hall–Kier alpha value is -2.47. The van der Waals surface area contributed by atoms with Crippen LogP contribution in [0.15, 0.2) is 47.5 Å². The third-order valence-electron chi connectivity index (χ3n) is 4.47. The molecule has 1 fully saturated rings. The van der Waals surface area contributed by atoms with E-state index in [0.717, 1.165) is 30.9 Å². The summed E-state index contributed by atoms with van der Waals surface area (Å²) in [4.78, 5) is 22.1. The molecule has 4 rings (SSSR count). The van der Waals surface area contributed by atoms with Gasteiger partial charge < -0.3 is 4.98 Å². The van der Waals surface area contributed by atoms with E-state index < -0.39 is 0 Å². The van der Waals surface area contributed by atoms with Gasteiger partial charge in [-0.25, -0.2) is 4.98 Å². The zero-order valence-corrected chi connectivity index (χ0v) is 12.9. The van der Waals surface area contributed by atoms with Gasteiger partial charge in [0.05, 0.1) is 24.0 Å². The number of H-pyrrole nitrogens is 1. The first kappa shape index (κ1) is 14.1. The Balaban J connectivity index is 1.56. The highest BCUT2D eigenvalue weighted by atomic mass is 16.1. The minimum absolute atomic E-state index is 0.0616. The molecule has 0 radical (unpaired) electrons.